The molecule has 1 rings (SSSR count). The molecule has 0 spiro atoms. The van der Waals surface area contributed by atoms with Gasteiger partial charge in [-0.25, -0.2) is 4.79 Å². The summed E-state index contributed by atoms with van der Waals surface area (Å²) in [7, 11) is 1.62. The van der Waals surface area contributed by atoms with Gasteiger partial charge in [0, 0.05) is 32.3 Å². The highest BCUT2D eigenvalue weighted by Crippen LogP contribution is 2.25. The third-order valence-electron chi connectivity index (χ3n) is 3.94. The number of nitrogens with one attached hydrogen (secondary N) is 1. The van der Waals surface area contributed by atoms with Gasteiger partial charge < -0.3 is 20.1 Å². The highest BCUT2D eigenvalue weighted by Gasteiger charge is 2.35. The molecule has 1 aliphatic carbocycles. The van der Waals surface area contributed by atoms with Gasteiger partial charge in [0.2, 0.25) is 0 Å². The van der Waals surface area contributed by atoms with E-state index in [4.69, 9.17) is 9.84 Å². The largest absolute Gasteiger partial charge is 0.480 e. The monoisotopic (exact) mass is 301 g/mol. The van der Waals surface area contributed by atoms with E-state index in [0.29, 0.717) is 26.2 Å². The first-order valence-corrected chi connectivity index (χ1v) is 7.51. The van der Waals surface area contributed by atoms with Crippen LogP contribution in [0.4, 0.5) is 4.79 Å². The van der Waals surface area contributed by atoms with Crippen LogP contribution in [-0.2, 0) is 9.53 Å². The van der Waals surface area contributed by atoms with Gasteiger partial charge in [-0.15, -0.1) is 0 Å². The molecule has 0 aromatic heterocycles. The van der Waals surface area contributed by atoms with Crippen molar-refractivity contribution in [2.45, 2.75) is 38.8 Å². The SMILES string of the molecule is CCN(CCOC)C(=O)NC1CC(N(CC)CC(=O)O)C1. The van der Waals surface area contributed by atoms with E-state index in [2.05, 4.69) is 5.32 Å². The van der Waals surface area contributed by atoms with Crippen molar-refractivity contribution in [2.24, 2.45) is 0 Å². The van der Waals surface area contributed by atoms with E-state index >= 15 is 0 Å². The number of hydrogen-bond acceptors (Lipinski definition) is 4. The summed E-state index contributed by atoms with van der Waals surface area (Å²) in [5, 5.41) is 11.8. The highest BCUT2D eigenvalue weighted by atomic mass is 16.5. The Morgan fingerprint density at radius 1 is 1.29 bits per heavy atom. The number of nitrogens with zero attached hydrogens (tertiary/aromatic N) is 2. The first-order chi connectivity index (χ1) is 10.0. The predicted molar refractivity (Wildman–Crippen MR) is 79.3 cm³/mol. The molecule has 0 bridgehead atoms. The molecule has 0 unspecified atom stereocenters. The van der Waals surface area contributed by atoms with E-state index < -0.39 is 5.97 Å². The van der Waals surface area contributed by atoms with Crippen LogP contribution in [0.25, 0.3) is 0 Å². The van der Waals surface area contributed by atoms with Crippen molar-refractivity contribution in [2.75, 3.05) is 39.9 Å². The van der Waals surface area contributed by atoms with Gasteiger partial charge in [0.05, 0.1) is 13.2 Å². The number of rotatable bonds is 9. The fourth-order valence-corrected chi connectivity index (χ4v) is 2.55. The number of urea groups is 1. The molecule has 7 heteroatoms. The van der Waals surface area contributed by atoms with Gasteiger partial charge in [0.15, 0.2) is 0 Å². The molecule has 2 N–H and O–H groups in total. The molecule has 0 saturated heterocycles. The van der Waals surface area contributed by atoms with Gasteiger partial charge in [-0.3, -0.25) is 9.69 Å². The quantitative estimate of drug-likeness (QED) is 0.652. The number of aliphatic carboxylic acids is 1. The van der Waals surface area contributed by atoms with Crippen molar-refractivity contribution in [3.8, 4) is 0 Å². The Morgan fingerprint density at radius 3 is 2.43 bits per heavy atom. The number of amides is 2. The molecule has 0 aromatic rings. The van der Waals surface area contributed by atoms with Crippen LogP contribution in [0.15, 0.2) is 0 Å². The molecule has 122 valence electrons. The van der Waals surface area contributed by atoms with Crippen LogP contribution in [0.3, 0.4) is 0 Å². The van der Waals surface area contributed by atoms with E-state index in [9.17, 15) is 9.59 Å². The van der Waals surface area contributed by atoms with Gasteiger partial charge >= 0.3 is 12.0 Å². The second kappa shape index (κ2) is 8.84. The molecule has 0 aliphatic heterocycles. The summed E-state index contributed by atoms with van der Waals surface area (Å²) in [5.41, 5.74) is 0. The lowest BCUT2D eigenvalue weighted by Crippen LogP contribution is -2.57. The smallest absolute Gasteiger partial charge is 0.317 e. The van der Waals surface area contributed by atoms with Gasteiger partial charge in [0.25, 0.3) is 0 Å². The van der Waals surface area contributed by atoms with Gasteiger partial charge in [0.1, 0.15) is 0 Å². The number of ether oxygens (including phenoxy) is 1. The second-order valence-corrected chi connectivity index (χ2v) is 5.30. The van der Waals surface area contributed by atoms with Crippen LogP contribution < -0.4 is 5.32 Å². The maximum atomic E-state index is 12.1. The van der Waals surface area contributed by atoms with Gasteiger partial charge in [-0.1, -0.05) is 6.92 Å². The number of carboxylic acid groups (broad SMARTS) is 1. The summed E-state index contributed by atoms with van der Waals surface area (Å²) >= 11 is 0. The van der Waals surface area contributed by atoms with E-state index in [0.717, 1.165) is 12.8 Å². The van der Waals surface area contributed by atoms with Gasteiger partial charge in [-0.2, -0.15) is 0 Å². The molecule has 7 nitrogen and oxygen atoms in total. The van der Waals surface area contributed by atoms with E-state index in [1.807, 2.05) is 18.7 Å². The standard InChI is InChI=1S/C14H27N3O4/c1-4-16(6-7-21-3)14(20)15-11-8-12(9-11)17(5-2)10-13(18)19/h11-12H,4-10H2,1-3H3,(H,15,20)(H,18,19). The van der Waals surface area contributed by atoms with Crippen molar-refractivity contribution in [3.63, 3.8) is 0 Å². The normalized spacial score (nSPS) is 21.0. The van der Waals surface area contributed by atoms with Crippen molar-refractivity contribution in [1.29, 1.82) is 0 Å². The van der Waals surface area contributed by atoms with E-state index in [1.54, 1.807) is 12.0 Å². The molecular formula is C14H27N3O4. The zero-order valence-electron chi connectivity index (χ0n) is 13.2. The summed E-state index contributed by atoms with van der Waals surface area (Å²) in [4.78, 5) is 26.5. The maximum absolute atomic E-state index is 12.1. The minimum absolute atomic E-state index is 0.0662. The first-order valence-electron chi connectivity index (χ1n) is 7.51. The summed E-state index contributed by atoms with van der Waals surface area (Å²) < 4.78 is 4.99. The van der Waals surface area contributed by atoms with Crippen molar-refractivity contribution < 1.29 is 19.4 Å². The molecule has 0 aromatic carbocycles. The molecule has 1 fully saturated rings. The third kappa shape index (κ3) is 5.51. The average molecular weight is 301 g/mol. The molecule has 0 heterocycles. The zero-order valence-corrected chi connectivity index (χ0v) is 13.2. The second-order valence-electron chi connectivity index (χ2n) is 5.30. The lowest BCUT2D eigenvalue weighted by molar-refractivity contribution is -0.139. The van der Waals surface area contributed by atoms with Crippen LogP contribution in [0.2, 0.25) is 0 Å². The Hall–Kier alpha value is -1.34. The molecule has 1 aliphatic rings. The summed E-state index contributed by atoms with van der Waals surface area (Å²) in [6.45, 7) is 6.42. The minimum atomic E-state index is -0.805. The average Bonchev–Trinajstić information content (AvgIpc) is 2.40. The number of hydrogen-bond donors (Lipinski definition) is 2. The highest BCUT2D eigenvalue weighted by molar-refractivity contribution is 5.74. The number of carboxylic acids is 1. The Kier molecular flexibility index (Phi) is 7.45. The zero-order chi connectivity index (χ0) is 15.8. The molecule has 21 heavy (non-hydrogen) atoms. The summed E-state index contributed by atoms with van der Waals surface area (Å²) in [5.74, 6) is -0.805. The fourth-order valence-electron chi connectivity index (χ4n) is 2.55. The van der Waals surface area contributed by atoms with E-state index in [1.165, 1.54) is 0 Å². The maximum Gasteiger partial charge on any atom is 0.317 e. The molecule has 0 radical (unpaired) electrons. The molecule has 2 amide bonds. The Morgan fingerprint density at radius 2 is 1.95 bits per heavy atom. The van der Waals surface area contributed by atoms with Crippen molar-refractivity contribution in [3.05, 3.63) is 0 Å². The number of methoxy groups -OCH3 is 1. The molecule has 0 atom stereocenters. The lowest BCUT2D eigenvalue weighted by Gasteiger charge is -2.42. The van der Waals surface area contributed by atoms with Crippen LogP contribution in [0.1, 0.15) is 26.7 Å². The van der Waals surface area contributed by atoms with Crippen LogP contribution in [0.5, 0.6) is 0 Å². The van der Waals surface area contributed by atoms with Crippen LogP contribution >= 0.6 is 0 Å². The Labute approximate surface area is 126 Å². The Bertz CT molecular complexity index is 345. The number of carbonyl (C=O) groups excluding carboxylic acids is 1. The minimum Gasteiger partial charge on any atom is -0.480 e. The third-order valence-corrected chi connectivity index (χ3v) is 3.94. The lowest BCUT2D eigenvalue weighted by atomic mass is 9.85. The van der Waals surface area contributed by atoms with Crippen molar-refractivity contribution in [1.82, 2.24) is 15.1 Å². The molecule has 1 saturated carbocycles. The Balaban J connectivity index is 2.32. The number of carbonyl (C=O) groups is 2. The first kappa shape index (κ1) is 17.7. The topological polar surface area (TPSA) is 82.1 Å². The fraction of sp³-hybridized carbons (Fsp3) is 0.857. The van der Waals surface area contributed by atoms with Crippen molar-refractivity contribution >= 4 is 12.0 Å². The van der Waals surface area contributed by atoms with Gasteiger partial charge in [-0.05, 0) is 26.3 Å². The summed E-state index contributed by atoms with van der Waals surface area (Å²) in [6.07, 6.45) is 1.63. The number of likely N-dealkylation sites (N-methyl/N-ethyl adjacent to an activating group) is 2. The van der Waals surface area contributed by atoms with Crippen LogP contribution in [-0.4, -0.2) is 78.9 Å². The molecular weight excluding hydrogens is 274 g/mol. The van der Waals surface area contributed by atoms with E-state index in [-0.39, 0.29) is 24.7 Å². The van der Waals surface area contributed by atoms with Crippen LogP contribution in [0, 0.1) is 0 Å². The summed E-state index contributed by atoms with van der Waals surface area (Å²) in [6, 6.07) is 0.326. The predicted octanol–water partition coefficient (Wildman–Crippen LogP) is 0.602.